The van der Waals surface area contributed by atoms with Crippen molar-refractivity contribution in [3.05, 3.63) is 217 Å². The van der Waals surface area contributed by atoms with Crippen LogP contribution < -0.4 is 0 Å². The second kappa shape index (κ2) is 16.0. The average molecular weight is 761 g/mol. The largest absolute Gasteiger partial charge is 0.456 e. The third-order valence-corrected chi connectivity index (χ3v) is 10.8. The van der Waals surface area contributed by atoms with Crippen molar-refractivity contribution >= 4 is 45.0 Å². The van der Waals surface area contributed by atoms with Gasteiger partial charge < -0.3 is 4.42 Å². The standard InChI is InChI=1S/C54H40N4O/c1-5-38-18-15-16-25-45(38)35(2)36(3)51(55-37(4)39-28-30-41(31-29-39)40-19-9-6-10-20-40)44-32-33-48-47(34-44)50-46(26-17-27-49(50)59-48)54-57-52(42-21-11-7-12-22-42)56-53(58-54)43-23-13-8-14-24-43/h5-34H,1,4H2,2-3H3/b36-35+,55-51?. The number of allylic oxidation sites excluding steroid dienone is 2. The van der Waals surface area contributed by atoms with Gasteiger partial charge in [0.2, 0.25) is 0 Å². The van der Waals surface area contributed by atoms with E-state index < -0.39 is 0 Å². The number of aromatic nitrogens is 3. The molecule has 5 heteroatoms. The second-order valence-electron chi connectivity index (χ2n) is 14.4. The molecule has 0 spiro atoms. The van der Waals surface area contributed by atoms with Gasteiger partial charge in [0.25, 0.3) is 0 Å². The number of benzene rings is 7. The molecule has 0 unspecified atom stereocenters. The summed E-state index contributed by atoms with van der Waals surface area (Å²) in [5, 5.41) is 1.84. The van der Waals surface area contributed by atoms with Crippen LogP contribution in [0.25, 0.3) is 84.6 Å². The number of furan rings is 1. The molecule has 0 atom stereocenters. The fraction of sp³-hybridized carbons (Fsp3) is 0.0370. The van der Waals surface area contributed by atoms with E-state index in [1.807, 2.05) is 97.1 Å². The number of rotatable bonds is 10. The van der Waals surface area contributed by atoms with Gasteiger partial charge in [-0.3, -0.25) is 0 Å². The topological polar surface area (TPSA) is 64.2 Å². The van der Waals surface area contributed by atoms with Crippen LogP contribution in [0.2, 0.25) is 0 Å². The highest BCUT2D eigenvalue weighted by atomic mass is 16.3. The van der Waals surface area contributed by atoms with E-state index in [1.165, 1.54) is 0 Å². The third kappa shape index (κ3) is 7.34. The van der Waals surface area contributed by atoms with E-state index in [0.717, 1.165) is 88.9 Å². The van der Waals surface area contributed by atoms with E-state index in [1.54, 1.807) is 0 Å². The molecule has 0 aliphatic heterocycles. The van der Waals surface area contributed by atoms with Gasteiger partial charge in [-0.05, 0) is 77.1 Å². The Labute approximate surface area is 344 Å². The van der Waals surface area contributed by atoms with E-state index in [9.17, 15) is 0 Å². The summed E-state index contributed by atoms with van der Waals surface area (Å²) in [5.41, 5.74) is 14.1. The lowest BCUT2D eigenvalue weighted by Crippen LogP contribution is -2.06. The molecular weight excluding hydrogens is 721 g/mol. The maximum absolute atomic E-state index is 6.53. The van der Waals surface area contributed by atoms with Crippen LogP contribution in [0.1, 0.15) is 36.1 Å². The van der Waals surface area contributed by atoms with Gasteiger partial charge in [0, 0.05) is 33.0 Å². The molecule has 59 heavy (non-hydrogen) atoms. The average Bonchev–Trinajstić information content (AvgIpc) is 3.69. The van der Waals surface area contributed by atoms with Gasteiger partial charge in [-0.2, -0.15) is 0 Å². The summed E-state index contributed by atoms with van der Waals surface area (Å²) in [6, 6.07) is 59.5. The van der Waals surface area contributed by atoms with Crippen molar-refractivity contribution in [2.24, 2.45) is 4.99 Å². The Morgan fingerprint density at radius 3 is 1.75 bits per heavy atom. The van der Waals surface area contributed by atoms with Crippen LogP contribution >= 0.6 is 0 Å². The van der Waals surface area contributed by atoms with Crippen LogP contribution in [0, 0.1) is 0 Å². The Balaban J connectivity index is 1.22. The summed E-state index contributed by atoms with van der Waals surface area (Å²) >= 11 is 0. The van der Waals surface area contributed by atoms with E-state index in [4.69, 9.17) is 24.4 Å². The Morgan fingerprint density at radius 2 is 1.10 bits per heavy atom. The summed E-state index contributed by atoms with van der Waals surface area (Å²) in [6.07, 6.45) is 1.90. The predicted octanol–water partition coefficient (Wildman–Crippen LogP) is 14.0. The summed E-state index contributed by atoms with van der Waals surface area (Å²) in [7, 11) is 0. The lowest BCUT2D eigenvalue weighted by atomic mass is 9.92. The lowest BCUT2D eigenvalue weighted by Gasteiger charge is -2.15. The maximum Gasteiger partial charge on any atom is 0.164 e. The van der Waals surface area contributed by atoms with Gasteiger partial charge in [-0.1, -0.05) is 171 Å². The number of fused-ring (bicyclic) bond motifs is 3. The van der Waals surface area contributed by atoms with Crippen LogP contribution in [-0.4, -0.2) is 20.7 Å². The zero-order valence-electron chi connectivity index (χ0n) is 32.9. The van der Waals surface area contributed by atoms with Gasteiger partial charge in [-0.15, -0.1) is 0 Å². The zero-order valence-corrected chi connectivity index (χ0v) is 32.9. The molecule has 0 aliphatic carbocycles. The van der Waals surface area contributed by atoms with Crippen LogP contribution in [0.5, 0.6) is 0 Å². The van der Waals surface area contributed by atoms with Crippen molar-refractivity contribution in [1.82, 2.24) is 15.0 Å². The van der Waals surface area contributed by atoms with Gasteiger partial charge in [0.15, 0.2) is 17.5 Å². The fourth-order valence-corrected chi connectivity index (χ4v) is 7.54. The van der Waals surface area contributed by atoms with Crippen molar-refractivity contribution in [1.29, 1.82) is 0 Å². The summed E-state index contributed by atoms with van der Waals surface area (Å²) < 4.78 is 6.53. The van der Waals surface area contributed by atoms with Crippen molar-refractivity contribution in [2.75, 3.05) is 0 Å². The van der Waals surface area contributed by atoms with Gasteiger partial charge in [0.05, 0.1) is 11.4 Å². The molecule has 0 saturated heterocycles. The third-order valence-electron chi connectivity index (χ3n) is 10.8. The molecule has 2 aromatic heterocycles. The summed E-state index contributed by atoms with van der Waals surface area (Å²) in [4.78, 5) is 20.4. The first-order chi connectivity index (χ1) is 28.9. The second-order valence-corrected chi connectivity index (χ2v) is 14.4. The molecule has 282 valence electrons. The lowest BCUT2D eigenvalue weighted by molar-refractivity contribution is 0.669. The van der Waals surface area contributed by atoms with E-state index in [2.05, 4.69) is 112 Å². The Morgan fingerprint density at radius 1 is 0.542 bits per heavy atom. The first kappa shape index (κ1) is 36.9. The molecule has 9 rings (SSSR count). The molecule has 0 radical (unpaired) electrons. The summed E-state index contributed by atoms with van der Waals surface area (Å²) in [5.74, 6) is 1.76. The first-order valence-electron chi connectivity index (χ1n) is 19.6. The smallest absolute Gasteiger partial charge is 0.164 e. The predicted molar refractivity (Wildman–Crippen MR) is 246 cm³/mol. The molecule has 0 N–H and O–H groups in total. The normalized spacial score (nSPS) is 12.1. The van der Waals surface area contributed by atoms with Crippen LogP contribution in [0.4, 0.5) is 0 Å². The zero-order chi connectivity index (χ0) is 40.3. The minimum Gasteiger partial charge on any atom is -0.456 e. The SMILES string of the molecule is C=Cc1ccccc1/C(C)=C(\C)C(=NC(=C)c1ccc(-c2ccccc2)cc1)c1ccc2oc3cccc(-c4nc(-c5ccccc5)nc(-c5ccccc5)n4)c3c2c1. The highest BCUT2D eigenvalue weighted by Gasteiger charge is 2.20. The van der Waals surface area contributed by atoms with E-state index in [-0.39, 0.29) is 0 Å². The fourth-order valence-electron chi connectivity index (χ4n) is 7.54. The highest BCUT2D eigenvalue weighted by Crippen LogP contribution is 2.38. The Bertz CT molecular complexity index is 3010. The van der Waals surface area contributed by atoms with Crippen LogP contribution in [0.3, 0.4) is 0 Å². The molecule has 5 nitrogen and oxygen atoms in total. The minimum atomic E-state index is 0.561. The van der Waals surface area contributed by atoms with Crippen LogP contribution in [-0.2, 0) is 0 Å². The van der Waals surface area contributed by atoms with Gasteiger partial charge in [0.1, 0.15) is 11.2 Å². The molecule has 2 heterocycles. The quantitative estimate of drug-likeness (QED) is 0.130. The van der Waals surface area contributed by atoms with E-state index >= 15 is 0 Å². The highest BCUT2D eigenvalue weighted by molar-refractivity contribution is 6.21. The molecule has 0 saturated carbocycles. The molecule has 7 aromatic carbocycles. The number of nitrogens with zero attached hydrogens (tertiary/aromatic N) is 4. The van der Waals surface area contributed by atoms with Crippen molar-refractivity contribution in [3.63, 3.8) is 0 Å². The maximum atomic E-state index is 6.53. The first-order valence-corrected chi connectivity index (χ1v) is 19.6. The number of hydrogen-bond donors (Lipinski definition) is 0. The molecular formula is C54H40N4O. The molecule has 0 bridgehead atoms. The molecule has 0 fully saturated rings. The molecule has 0 amide bonds. The monoisotopic (exact) mass is 760 g/mol. The van der Waals surface area contributed by atoms with Crippen molar-refractivity contribution < 1.29 is 4.42 Å². The number of hydrogen-bond acceptors (Lipinski definition) is 5. The Kier molecular flexibility index (Phi) is 10.00. The van der Waals surface area contributed by atoms with Crippen molar-refractivity contribution in [2.45, 2.75) is 13.8 Å². The molecule has 0 aliphatic rings. The summed E-state index contributed by atoms with van der Waals surface area (Å²) in [6.45, 7) is 12.9. The van der Waals surface area contributed by atoms with Crippen molar-refractivity contribution in [3.8, 4) is 45.3 Å². The van der Waals surface area contributed by atoms with Gasteiger partial charge in [-0.25, -0.2) is 19.9 Å². The Hall–Kier alpha value is -7.76. The minimum absolute atomic E-state index is 0.561. The number of aliphatic imine (C=N–C) groups is 1. The molecule has 9 aromatic rings. The van der Waals surface area contributed by atoms with Crippen LogP contribution in [0.15, 0.2) is 204 Å². The van der Waals surface area contributed by atoms with E-state index in [0.29, 0.717) is 23.2 Å². The van der Waals surface area contributed by atoms with Gasteiger partial charge >= 0.3 is 0 Å².